The fourth-order valence-electron chi connectivity index (χ4n) is 2.35. The van der Waals surface area contributed by atoms with Crippen LogP contribution in [0.4, 0.5) is 0 Å². The van der Waals surface area contributed by atoms with Crippen molar-refractivity contribution in [1.29, 1.82) is 0 Å². The van der Waals surface area contributed by atoms with Crippen molar-refractivity contribution < 1.29 is 19.7 Å². The van der Waals surface area contributed by atoms with Gasteiger partial charge in [0, 0.05) is 22.5 Å². The maximum absolute atomic E-state index is 12.2. The summed E-state index contributed by atoms with van der Waals surface area (Å²) in [6.45, 7) is 2.48. The van der Waals surface area contributed by atoms with Crippen molar-refractivity contribution >= 4 is 23.0 Å². The van der Waals surface area contributed by atoms with E-state index in [-0.39, 0.29) is 11.5 Å². The molecule has 4 N–H and O–H groups in total. The Morgan fingerprint density at radius 3 is 2.84 bits per heavy atom. The molecule has 0 atom stereocenters. The fourth-order valence-corrected chi connectivity index (χ4v) is 2.35. The number of nitrogens with one attached hydrogen (secondary N) is 2. The van der Waals surface area contributed by atoms with Gasteiger partial charge >= 0.3 is 0 Å². The minimum absolute atomic E-state index is 0.0526. The van der Waals surface area contributed by atoms with Gasteiger partial charge in [0.15, 0.2) is 0 Å². The summed E-state index contributed by atoms with van der Waals surface area (Å²) in [6.07, 6.45) is 1.29. The second-order valence-electron chi connectivity index (χ2n) is 5.31. The summed E-state index contributed by atoms with van der Waals surface area (Å²) >= 11 is 0. The van der Waals surface area contributed by atoms with Gasteiger partial charge in [0.25, 0.3) is 5.91 Å². The predicted octanol–water partition coefficient (Wildman–Crippen LogP) is 2.74. The Kier molecular flexibility index (Phi) is 4.56. The number of hydrazone groups is 1. The topological polar surface area (TPSA) is 107 Å². The van der Waals surface area contributed by atoms with E-state index in [1.165, 1.54) is 24.4 Å². The Balaban J connectivity index is 1.72. The number of hydrogen-bond acceptors (Lipinski definition) is 5. The average molecular weight is 339 g/mol. The van der Waals surface area contributed by atoms with E-state index in [1.807, 2.05) is 25.1 Å². The average Bonchev–Trinajstić information content (AvgIpc) is 3.00. The number of amides is 1. The molecule has 2 aromatic carbocycles. The third-order valence-electron chi connectivity index (χ3n) is 3.53. The van der Waals surface area contributed by atoms with E-state index in [2.05, 4.69) is 15.5 Å². The van der Waals surface area contributed by atoms with E-state index < -0.39 is 5.91 Å². The van der Waals surface area contributed by atoms with Crippen molar-refractivity contribution in [2.24, 2.45) is 5.10 Å². The SMILES string of the molecule is CCOc1ccc2[nH]c(C(=O)N/N=C/c3ccc(O)cc3O)cc2c1. The molecule has 0 spiro atoms. The molecule has 7 nitrogen and oxygen atoms in total. The second kappa shape index (κ2) is 6.96. The molecular formula is C18H17N3O4. The molecule has 25 heavy (non-hydrogen) atoms. The first-order chi connectivity index (χ1) is 12.1. The number of carbonyl (C=O) groups is 1. The number of rotatable bonds is 5. The number of phenols is 2. The maximum Gasteiger partial charge on any atom is 0.287 e. The Morgan fingerprint density at radius 1 is 1.24 bits per heavy atom. The summed E-state index contributed by atoms with van der Waals surface area (Å²) in [5.41, 5.74) is 3.93. The zero-order valence-electron chi connectivity index (χ0n) is 13.5. The normalized spacial score (nSPS) is 11.1. The summed E-state index contributed by atoms with van der Waals surface area (Å²) in [4.78, 5) is 15.2. The van der Waals surface area contributed by atoms with Crippen LogP contribution in [0, 0.1) is 0 Å². The van der Waals surface area contributed by atoms with Crippen LogP contribution in [0.5, 0.6) is 17.2 Å². The van der Waals surface area contributed by atoms with Gasteiger partial charge in [-0.25, -0.2) is 5.43 Å². The van der Waals surface area contributed by atoms with Crippen molar-refractivity contribution in [3.63, 3.8) is 0 Å². The second-order valence-corrected chi connectivity index (χ2v) is 5.31. The van der Waals surface area contributed by atoms with Crippen LogP contribution in [-0.2, 0) is 0 Å². The number of aromatic nitrogens is 1. The fraction of sp³-hybridized carbons (Fsp3) is 0.111. The standard InChI is InChI=1S/C18H17N3O4/c1-2-25-14-5-6-15-12(7-14)8-16(20-15)18(24)21-19-10-11-3-4-13(22)9-17(11)23/h3-10,20,22-23H,2H2,1H3,(H,21,24)/b19-10+. The molecule has 1 heterocycles. The summed E-state index contributed by atoms with van der Waals surface area (Å²) in [6, 6.07) is 11.3. The number of aromatic amines is 1. The van der Waals surface area contributed by atoms with Gasteiger partial charge < -0.3 is 19.9 Å². The molecule has 0 unspecified atom stereocenters. The van der Waals surface area contributed by atoms with Crippen molar-refractivity contribution in [1.82, 2.24) is 10.4 Å². The number of H-pyrrole nitrogens is 1. The number of benzene rings is 2. The van der Waals surface area contributed by atoms with Gasteiger partial charge in [-0.3, -0.25) is 4.79 Å². The number of carbonyl (C=O) groups excluding carboxylic acids is 1. The highest BCUT2D eigenvalue weighted by atomic mass is 16.5. The molecule has 1 aromatic heterocycles. The molecule has 128 valence electrons. The number of phenolic OH excluding ortho intramolecular Hbond substituents is 2. The van der Waals surface area contributed by atoms with Crippen molar-refractivity contribution in [2.45, 2.75) is 6.92 Å². The monoisotopic (exact) mass is 339 g/mol. The highest BCUT2D eigenvalue weighted by molar-refractivity contribution is 5.98. The summed E-state index contributed by atoms with van der Waals surface area (Å²) < 4.78 is 5.44. The molecule has 1 amide bonds. The van der Waals surface area contributed by atoms with Gasteiger partial charge in [-0.05, 0) is 43.3 Å². The van der Waals surface area contributed by atoms with Crippen molar-refractivity contribution in [3.05, 3.63) is 53.7 Å². The van der Waals surface area contributed by atoms with Crippen molar-refractivity contribution in [2.75, 3.05) is 6.61 Å². The number of nitrogens with zero attached hydrogens (tertiary/aromatic N) is 1. The Morgan fingerprint density at radius 2 is 2.08 bits per heavy atom. The van der Waals surface area contributed by atoms with E-state index in [1.54, 1.807) is 6.07 Å². The van der Waals surface area contributed by atoms with Crippen LogP contribution < -0.4 is 10.2 Å². The van der Waals surface area contributed by atoms with E-state index in [0.29, 0.717) is 17.9 Å². The molecule has 0 aliphatic carbocycles. The molecule has 0 aliphatic heterocycles. The smallest absolute Gasteiger partial charge is 0.287 e. The van der Waals surface area contributed by atoms with E-state index in [4.69, 9.17) is 4.74 Å². The Labute approximate surface area is 143 Å². The van der Waals surface area contributed by atoms with Gasteiger partial charge in [-0.2, -0.15) is 5.10 Å². The van der Waals surface area contributed by atoms with Gasteiger partial charge in [-0.15, -0.1) is 0 Å². The lowest BCUT2D eigenvalue weighted by atomic mass is 10.2. The maximum atomic E-state index is 12.2. The molecular weight excluding hydrogens is 322 g/mol. The first kappa shape index (κ1) is 16.4. The van der Waals surface area contributed by atoms with E-state index in [9.17, 15) is 15.0 Å². The van der Waals surface area contributed by atoms with Crippen LogP contribution in [0.25, 0.3) is 10.9 Å². The molecule has 0 bridgehead atoms. The summed E-state index contributed by atoms with van der Waals surface area (Å²) in [5.74, 6) is 0.140. The van der Waals surface area contributed by atoms with Crippen LogP contribution in [-0.4, -0.2) is 33.9 Å². The first-order valence-electron chi connectivity index (χ1n) is 7.68. The van der Waals surface area contributed by atoms with Gasteiger partial charge in [-0.1, -0.05) is 0 Å². The number of aromatic hydroxyl groups is 2. The third kappa shape index (κ3) is 3.72. The van der Waals surface area contributed by atoms with Gasteiger partial charge in [0.2, 0.25) is 0 Å². The Hall–Kier alpha value is -3.48. The summed E-state index contributed by atoms with van der Waals surface area (Å²) in [5, 5.41) is 23.6. The lowest BCUT2D eigenvalue weighted by Crippen LogP contribution is -2.17. The minimum Gasteiger partial charge on any atom is -0.508 e. The van der Waals surface area contributed by atoms with Crippen LogP contribution in [0.2, 0.25) is 0 Å². The molecule has 0 fully saturated rings. The van der Waals surface area contributed by atoms with E-state index >= 15 is 0 Å². The predicted molar refractivity (Wildman–Crippen MR) is 94.3 cm³/mol. The molecule has 7 heteroatoms. The molecule has 0 saturated heterocycles. The molecule has 0 radical (unpaired) electrons. The largest absolute Gasteiger partial charge is 0.508 e. The van der Waals surface area contributed by atoms with Crippen LogP contribution in [0.1, 0.15) is 23.0 Å². The minimum atomic E-state index is -0.413. The number of hydrogen-bond donors (Lipinski definition) is 4. The summed E-state index contributed by atoms with van der Waals surface area (Å²) in [7, 11) is 0. The molecule has 3 rings (SSSR count). The zero-order chi connectivity index (χ0) is 17.8. The number of fused-ring (bicyclic) bond motifs is 1. The van der Waals surface area contributed by atoms with E-state index in [0.717, 1.165) is 16.7 Å². The lowest BCUT2D eigenvalue weighted by Gasteiger charge is -2.01. The molecule has 3 aromatic rings. The zero-order valence-corrected chi connectivity index (χ0v) is 13.5. The highest BCUT2D eigenvalue weighted by Crippen LogP contribution is 2.22. The van der Waals surface area contributed by atoms with Crippen LogP contribution in [0.3, 0.4) is 0 Å². The van der Waals surface area contributed by atoms with Crippen LogP contribution in [0.15, 0.2) is 47.6 Å². The quantitative estimate of drug-likeness (QED) is 0.423. The molecule has 0 saturated carbocycles. The number of ether oxygens (including phenoxy) is 1. The first-order valence-corrected chi connectivity index (χ1v) is 7.68. The lowest BCUT2D eigenvalue weighted by molar-refractivity contribution is 0.0951. The highest BCUT2D eigenvalue weighted by Gasteiger charge is 2.09. The third-order valence-corrected chi connectivity index (χ3v) is 3.53. The van der Waals surface area contributed by atoms with Crippen LogP contribution >= 0.6 is 0 Å². The van der Waals surface area contributed by atoms with Crippen molar-refractivity contribution in [3.8, 4) is 17.2 Å². The van der Waals surface area contributed by atoms with Gasteiger partial charge in [0.05, 0.1) is 12.8 Å². The molecule has 0 aliphatic rings. The van der Waals surface area contributed by atoms with Gasteiger partial charge in [0.1, 0.15) is 22.9 Å². The Bertz CT molecular complexity index is 947.